The first-order chi connectivity index (χ1) is 6.85. The number of nitrogens with two attached hydrogens (primary N) is 1. The summed E-state index contributed by atoms with van der Waals surface area (Å²) in [7, 11) is -1.94. The van der Waals surface area contributed by atoms with E-state index in [1.54, 1.807) is 24.6 Å². The zero-order valence-corrected chi connectivity index (χ0v) is 9.95. The first-order valence-corrected chi connectivity index (χ1v) is 7.00. The zero-order chi connectivity index (χ0) is 11.6. The quantitative estimate of drug-likeness (QED) is 0.637. The van der Waals surface area contributed by atoms with Crippen LogP contribution in [0, 0.1) is 10.1 Å². The number of hydrogen-bond acceptors (Lipinski definition) is 3. The highest BCUT2D eigenvalue weighted by atomic mass is 32.3. The number of benzene rings is 1. The van der Waals surface area contributed by atoms with Crippen LogP contribution in [0.25, 0.3) is 0 Å². The molecule has 0 amide bonds. The molecule has 0 spiro atoms. The summed E-state index contributed by atoms with van der Waals surface area (Å²) in [6.07, 6.45) is 3.35. The van der Waals surface area contributed by atoms with E-state index < -0.39 is 10.2 Å². The van der Waals surface area contributed by atoms with Crippen LogP contribution in [0.5, 0.6) is 0 Å². The largest absolute Gasteiger partial charge is 0.324 e. The summed E-state index contributed by atoms with van der Waals surface area (Å²) in [6, 6.07) is 7.29. The molecule has 4 nitrogen and oxygen atoms in total. The van der Waals surface area contributed by atoms with Gasteiger partial charge in [-0.3, -0.25) is 10.1 Å². The predicted molar refractivity (Wildman–Crippen MR) is 63.7 cm³/mol. The van der Waals surface area contributed by atoms with Crippen LogP contribution in [0.2, 0.25) is 0 Å². The molecule has 84 valence electrons. The van der Waals surface area contributed by atoms with Crippen LogP contribution < -0.4 is 5.73 Å². The Hall–Kier alpha value is -1.07. The van der Waals surface area contributed by atoms with Crippen LogP contribution in [0.3, 0.4) is 0 Å². The number of hydrogen-bond donors (Lipinski definition) is 1. The smallest absolute Gasteiger partial charge is 0.0751 e. The van der Waals surface area contributed by atoms with Crippen molar-refractivity contribution in [1.29, 1.82) is 0 Å². The minimum Gasteiger partial charge on any atom is -0.324 e. The van der Waals surface area contributed by atoms with Gasteiger partial charge in [0.05, 0.1) is 9.22 Å². The van der Waals surface area contributed by atoms with E-state index in [1.165, 1.54) is 0 Å². The molecule has 15 heavy (non-hydrogen) atoms. The van der Waals surface area contributed by atoms with Crippen molar-refractivity contribution in [3.8, 4) is 0 Å². The second-order valence-electron chi connectivity index (χ2n) is 3.85. The molecule has 1 rings (SSSR count). The summed E-state index contributed by atoms with van der Waals surface area (Å²) in [5, 5.41) is 10.9. The zero-order valence-electron chi connectivity index (χ0n) is 9.14. The van der Waals surface area contributed by atoms with Crippen molar-refractivity contribution < 1.29 is 4.33 Å². The molecule has 1 atom stereocenters. The maximum atomic E-state index is 10.9. The maximum absolute atomic E-state index is 10.9. The predicted octanol–water partition coefficient (Wildman–Crippen LogP) is 2.32. The fourth-order valence-corrected chi connectivity index (χ4v) is 2.16. The lowest BCUT2D eigenvalue weighted by Crippen LogP contribution is -2.09. The molecule has 0 aliphatic rings. The molecule has 1 aromatic carbocycles. The van der Waals surface area contributed by atoms with Crippen molar-refractivity contribution in [3.05, 3.63) is 39.9 Å². The first-order valence-electron chi connectivity index (χ1n) is 4.59. The third-order valence-electron chi connectivity index (χ3n) is 2.36. The molecule has 0 fully saturated rings. The van der Waals surface area contributed by atoms with Crippen molar-refractivity contribution >= 4 is 10.2 Å². The highest BCUT2D eigenvalue weighted by Crippen LogP contribution is 2.48. The van der Waals surface area contributed by atoms with E-state index >= 15 is 0 Å². The molecule has 0 saturated heterocycles. The van der Waals surface area contributed by atoms with E-state index in [4.69, 9.17) is 5.73 Å². The van der Waals surface area contributed by atoms with E-state index in [0.29, 0.717) is 0 Å². The lowest BCUT2D eigenvalue weighted by atomic mass is 10.1. The van der Waals surface area contributed by atoms with Crippen molar-refractivity contribution in [2.24, 2.45) is 5.73 Å². The van der Waals surface area contributed by atoms with Gasteiger partial charge in [0.2, 0.25) is 0 Å². The van der Waals surface area contributed by atoms with Crippen LogP contribution in [-0.2, 0) is 0 Å². The molecular weight excluding hydrogens is 212 g/mol. The maximum Gasteiger partial charge on any atom is 0.0751 e. The highest BCUT2D eigenvalue weighted by molar-refractivity contribution is 8.27. The lowest BCUT2D eigenvalue weighted by Gasteiger charge is -2.21. The normalized spacial score (nSPS) is 14.7. The van der Waals surface area contributed by atoms with Gasteiger partial charge in [-0.1, -0.05) is 12.1 Å². The van der Waals surface area contributed by atoms with Gasteiger partial charge in [-0.15, -0.1) is 0 Å². The third-order valence-corrected chi connectivity index (χ3v) is 4.53. The van der Waals surface area contributed by atoms with Gasteiger partial charge in [-0.05, 0) is 24.6 Å². The average Bonchev–Trinajstić information content (AvgIpc) is 2.17. The van der Waals surface area contributed by atoms with Crippen LogP contribution in [-0.4, -0.2) is 16.8 Å². The summed E-state index contributed by atoms with van der Waals surface area (Å²) in [5.41, 5.74) is 6.70. The molecule has 0 radical (unpaired) electrons. The van der Waals surface area contributed by atoms with Gasteiger partial charge in [0.15, 0.2) is 0 Å². The third kappa shape index (κ3) is 2.49. The second kappa shape index (κ2) is 4.20. The Morgan fingerprint density at radius 1 is 1.33 bits per heavy atom. The molecule has 5 heteroatoms. The molecule has 0 bridgehead atoms. The molecular formula is C10H16N2O2S. The summed E-state index contributed by atoms with van der Waals surface area (Å²) in [5.74, 6) is 0. The van der Waals surface area contributed by atoms with Gasteiger partial charge < -0.3 is 5.73 Å². The van der Waals surface area contributed by atoms with E-state index in [2.05, 4.69) is 0 Å². The van der Waals surface area contributed by atoms with Crippen LogP contribution >= 0.6 is 10.2 Å². The van der Waals surface area contributed by atoms with Crippen LogP contribution in [0.15, 0.2) is 29.2 Å². The Balaban J connectivity index is 3.04. The minimum atomic E-state index is -1.94. The van der Waals surface area contributed by atoms with Gasteiger partial charge in [0, 0.05) is 28.8 Å². The van der Waals surface area contributed by atoms with E-state index in [1.807, 2.05) is 19.1 Å². The van der Waals surface area contributed by atoms with Crippen LogP contribution in [0.4, 0.5) is 0 Å². The Morgan fingerprint density at radius 3 is 2.13 bits per heavy atom. The summed E-state index contributed by atoms with van der Waals surface area (Å²) in [4.78, 5) is 11.6. The van der Waals surface area contributed by atoms with E-state index in [9.17, 15) is 10.1 Å². The van der Waals surface area contributed by atoms with Gasteiger partial charge in [-0.25, -0.2) is 0 Å². The van der Waals surface area contributed by atoms with Gasteiger partial charge in [-0.2, -0.15) is 0 Å². The van der Waals surface area contributed by atoms with Crippen molar-refractivity contribution in [3.63, 3.8) is 0 Å². The van der Waals surface area contributed by atoms with Gasteiger partial charge >= 0.3 is 0 Å². The monoisotopic (exact) mass is 228 g/mol. The topological polar surface area (TPSA) is 69.2 Å². The molecule has 0 unspecified atom stereocenters. The fourth-order valence-electron chi connectivity index (χ4n) is 1.19. The highest BCUT2D eigenvalue weighted by Gasteiger charge is 2.26. The average molecular weight is 228 g/mol. The Kier molecular flexibility index (Phi) is 3.36. The Morgan fingerprint density at radius 2 is 1.80 bits per heavy atom. The van der Waals surface area contributed by atoms with Gasteiger partial charge in [0.25, 0.3) is 0 Å². The van der Waals surface area contributed by atoms with Crippen molar-refractivity contribution in [1.82, 2.24) is 0 Å². The Labute approximate surface area is 91.1 Å². The van der Waals surface area contributed by atoms with Gasteiger partial charge in [0.1, 0.15) is 0 Å². The number of nitro groups is 1. The molecule has 2 N–H and O–H groups in total. The lowest BCUT2D eigenvalue weighted by molar-refractivity contribution is -0.295. The molecule has 0 heterocycles. The summed E-state index contributed by atoms with van der Waals surface area (Å²) >= 11 is 0. The SMILES string of the molecule is C[C@@H](N)c1ccc(S(C)(C)[N+](=O)[O-])cc1. The Bertz CT molecular complexity index is 360. The van der Waals surface area contributed by atoms with E-state index in [-0.39, 0.29) is 10.4 Å². The second-order valence-corrected chi connectivity index (χ2v) is 7.17. The summed E-state index contributed by atoms with van der Waals surface area (Å²) < 4.78 is -0.201. The molecule has 0 aromatic heterocycles. The molecule has 1 aromatic rings. The molecule has 0 saturated carbocycles. The fraction of sp³-hybridized carbons (Fsp3) is 0.400. The minimum absolute atomic E-state index is 0.0345. The molecule has 0 aliphatic heterocycles. The van der Waals surface area contributed by atoms with E-state index in [0.717, 1.165) is 10.5 Å². The van der Waals surface area contributed by atoms with Crippen LogP contribution in [0.1, 0.15) is 18.5 Å². The standard InChI is InChI=1S/C10H16N2O2S/c1-8(11)9-4-6-10(7-5-9)15(2,3)12(13)14/h4-8H,11H2,1-3H3/t8-/m1/s1. The van der Waals surface area contributed by atoms with Crippen molar-refractivity contribution in [2.45, 2.75) is 17.9 Å². The summed E-state index contributed by atoms with van der Waals surface area (Å²) in [6.45, 7) is 1.89. The van der Waals surface area contributed by atoms with Crippen molar-refractivity contribution in [2.75, 3.05) is 12.5 Å². The molecule has 0 aliphatic carbocycles. The number of rotatable bonds is 3. The first kappa shape index (κ1) is 12.0. The number of nitrogens with zero attached hydrogens (tertiary/aromatic N) is 1.